The fraction of sp³-hybridized carbons (Fsp3) is 0.526. The van der Waals surface area contributed by atoms with Gasteiger partial charge in [0.1, 0.15) is 0 Å². The van der Waals surface area contributed by atoms with Crippen molar-refractivity contribution in [2.75, 3.05) is 13.1 Å². The number of hydrogen-bond acceptors (Lipinski definition) is 3. The van der Waals surface area contributed by atoms with Crippen LogP contribution < -0.4 is 0 Å². The van der Waals surface area contributed by atoms with Crippen molar-refractivity contribution in [1.82, 2.24) is 14.9 Å². The number of hydrogen-bond donors (Lipinski definition) is 0. The lowest BCUT2D eigenvalue weighted by molar-refractivity contribution is -0.133. The quantitative estimate of drug-likeness (QED) is 0.863. The largest absolute Gasteiger partial charge is 0.343 e. The van der Waals surface area contributed by atoms with Crippen LogP contribution in [0.1, 0.15) is 51.1 Å². The first-order chi connectivity index (χ1) is 11.2. The number of nitrogens with zero attached hydrogens (tertiary/aromatic N) is 3. The molecular formula is C19H25N3O. The Morgan fingerprint density at radius 1 is 1.30 bits per heavy atom. The Hall–Kier alpha value is -1.97. The third kappa shape index (κ3) is 3.69. The third-order valence-electron chi connectivity index (χ3n) is 4.97. The predicted octanol–water partition coefficient (Wildman–Crippen LogP) is 3.77. The van der Waals surface area contributed by atoms with Gasteiger partial charge in [-0.1, -0.05) is 20.3 Å². The van der Waals surface area contributed by atoms with Gasteiger partial charge >= 0.3 is 0 Å². The number of likely N-dealkylation sites (tertiary alicyclic amines) is 1. The standard InChI is InChI=1S/C19H25N3O/c1-3-14(2)13-18(23)22-11-8-15(9-12-22)17-7-6-16-5-4-10-20-19(16)21-17/h4-7,10,14-15H,3,8-9,11-13H2,1-2H3. The zero-order valence-corrected chi connectivity index (χ0v) is 14.0. The summed E-state index contributed by atoms with van der Waals surface area (Å²) >= 11 is 0. The van der Waals surface area contributed by atoms with Crippen molar-refractivity contribution in [3.05, 3.63) is 36.2 Å². The van der Waals surface area contributed by atoms with Crippen molar-refractivity contribution in [2.24, 2.45) is 5.92 Å². The normalized spacial score (nSPS) is 17.4. The van der Waals surface area contributed by atoms with Crippen LogP contribution in [-0.2, 0) is 4.79 Å². The van der Waals surface area contributed by atoms with Gasteiger partial charge in [-0.25, -0.2) is 9.97 Å². The molecule has 1 fully saturated rings. The Balaban J connectivity index is 1.62. The van der Waals surface area contributed by atoms with Gasteiger partial charge in [0.25, 0.3) is 0 Å². The third-order valence-corrected chi connectivity index (χ3v) is 4.97. The van der Waals surface area contributed by atoms with Gasteiger partial charge in [0.05, 0.1) is 0 Å². The van der Waals surface area contributed by atoms with E-state index in [1.54, 1.807) is 6.20 Å². The maximum absolute atomic E-state index is 12.3. The predicted molar refractivity (Wildman–Crippen MR) is 92.2 cm³/mol. The lowest BCUT2D eigenvalue weighted by atomic mass is 9.92. The molecule has 4 heteroatoms. The van der Waals surface area contributed by atoms with Crippen molar-refractivity contribution in [3.8, 4) is 0 Å². The molecule has 1 atom stereocenters. The van der Waals surface area contributed by atoms with Gasteiger partial charge in [-0.05, 0) is 43.0 Å². The van der Waals surface area contributed by atoms with E-state index in [4.69, 9.17) is 4.98 Å². The molecule has 0 radical (unpaired) electrons. The monoisotopic (exact) mass is 311 g/mol. The molecule has 1 amide bonds. The molecular weight excluding hydrogens is 286 g/mol. The molecule has 0 spiro atoms. The summed E-state index contributed by atoms with van der Waals surface area (Å²) in [6.07, 6.45) is 5.53. The first-order valence-corrected chi connectivity index (χ1v) is 8.66. The summed E-state index contributed by atoms with van der Waals surface area (Å²) < 4.78 is 0. The molecule has 1 unspecified atom stereocenters. The molecule has 0 aliphatic carbocycles. The number of carbonyl (C=O) groups is 1. The molecule has 3 rings (SSSR count). The lowest BCUT2D eigenvalue weighted by Gasteiger charge is -2.32. The molecule has 23 heavy (non-hydrogen) atoms. The van der Waals surface area contributed by atoms with Gasteiger partial charge in [-0.15, -0.1) is 0 Å². The van der Waals surface area contributed by atoms with Crippen LogP contribution in [0.25, 0.3) is 11.0 Å². The van der Waals surface area contributed by atoms with E-state index in [9.17, 15) is 4.79 Å². The maximum Gasteiger partial charge on any atom is 0.222 e. The first kappa shape index (κ1) is 15.9. The highest BCUT2D eigenvalue weighted by molar-refractivity contribution is 5.76. The van der Waals surface area contributed by atoms with Gasteiger partial charge in [0.15, 0.2) is 5.65 Å². The highest BCUT2D eigenvalue weighted by atomic mass is 16.2. The van der Waals surface area contributed by atoms with E-state index in [0.717, 1.165) is 49.1 Å². The van der Waals surface area contributed by atoms with Gasteiger partial charge in [0, 0.05) is 42.7 Å². The van der Waals surface area contributed by atoms with Crippen molar-refractivity contribution in [2.45, 2.75) is 45.4 Å². The van der Waals surface area contributed by atoms with Gasteiger partial charge < -0.3 is 4.90 Å². The minimum atomic E-state index is 0.311. The molecule has 1 saturated heterocycles. The summed E-state index contributed by atoms with van der Waals surface area (Å²) in [5, 5.41) is 1.08. The smallest absolute Gasteiger partial charge is 0.222 e. The summed E-state index contributed by atoms with van der Waals surface area (Å²) in [4.78, 5) is 23.4. The number of fused-ring (bicyclic) bond motifs is 1. The second kappa shape index (κ2) is 7.07. The number of rotatable bonds is 4. The topological polar surface area (TPSA) is 46.1 Å². The van der Waals surface area contributed by atoms with Crippen LogP contribution in [0.5, 0.6) is 0 Å². The van der Waals surface area contributed by atoms with E-state index in [1.165, 1.54) is 0 Å². The molecule has 3 heterocycles. The molecule has 2 aromatic rings. The van der Waals surface area contributed by atoms with E-state index in [-0.39, 0.29) is 0 Å². The molecule has 0 N–H and O–H groups in total. The van der Waals surface area contributed by atoms with E-state index < -0.39 is 0 Å². The number of pyridine rings is 2. The maximum atomic E-state index is 12.3. The number of aromatic nitrogens is 2. The number of carbonyl (C=O) groups excluding carboxylic acids is 1. The second-order valence-corrected chi connectivity index (χ2v) is 6.66. The first-order valence-electron chi connectivity index (χ1n) is 8.66. The number of piperidine rings is 1. The van der Waals surface area contributed by atoms with Crippen LogP contribution in [0.4, 0.5) is 0 Å². The average Bonchev–Trinajstić information content (AvgIpc) is 2.61. The van der Waals surface area contributed by atoms with Crippen LogP contribution in [0.15, 0.2) is 30.5 Å². The molecule has 0 saturated carbocycles. The van der Waals surface area contributed by atoms with Crippen molar-refractivity contribution < 1.29 is 4.79 Å². The van der Waals surface area contributed by atoms with Gasteiger partial charge in [0.2, 0.25) is 5.91 Å². The summed E-state index contributed by atoms with van der Waals surface area (Å²) in [7, 11) is 0. The molecule has 2 aromatic heterocycles. The Morgan fingerprint density at radius 2 is 2.09 bits per heavy atom. The van der Waals surface area contributed by atoms with E-state index >= 15 is 0 Å². The summed E-state index contributed by atoms with van der Waals surface area (Å²) in [6.45, 7) is 5.99. The van der Waals surface area contributed by atoms with Crippen LogP contribution in [-0.4, -0.2) is 33.9 Å². The van der Waals surface area contributed by atoms with Crippen LogP contribution >= 0.6 is 0 Å². The van der Waals surface area contributed by atoms with Gasteiger partial charge in [-0.2, -0.15) is 0 Å². The van der Waals surface area contributed by atoms with Crippen LogP contribution in [0.2, 0.25) is 0 Å². The van der Waals surface area contributed by atoms with Gasteiger partial charge in [-0.3, -0.25) is 4.79 Å². The lowest BCUT2D eigenvalue weighted by Crippen LogP contribution is -2.38. The average molecular weight is 311 g/mol. The highest BCUT2D eigenvalue weighted by Gasteiger charge is 2.25. The molecule has 1 aliphatic heterocycles. The fourth-order valence-corrected chi connectivity index (χ4v) is 3.19. The fourth-order valence-electron chi connectivity index (χ4n) is 3.19. The summed E-state index contributed by atoms with van der Waals surface area (Å²) in [5.41, 5.74) is 1.94. The minimum absolute atomic E-state index is 0.311. The van der Waals surface area contributed by atoms with E-state index in [1.807, 2.05) is 17.0 Å². The molecule has 0 bridgehead atoms. The Bertz CT molecular complexity index is 677. The van der Waals surface area contributed by atoms with Crippen molar-refractivity contribution in [1.29, 1.82) is 0 Å². The van der Waals surface area contributed by atoms with Crippen LogP contribution in [0.3, 0.4) is 0 Å². The Kier molecular flexibility index (Phi) is 4.89. The Morgan fingerprint density at radius 3 is 2.83 bits per heavy atom. The zero-order valence-electron chi connectivity index (χ0n) is 14.0. The van der Waals surface area contributed by atoms with E-state index in [0.29, 0.717) is 24.2 Å². The van der Waals surface area contributed by atoms with Crippen LogP contribution in [0, 0.1) is 5.92 Å². The summed E-state index contributed by atoms with van der Waals surface area (Å²) in [5.74, 6) is 1.23. The number of amides is 1. The van der Waals surface area contributed by atoms with Crippen molar-refractivity contribution in [3.63, 3.8) is 0 Å². The Labute approximate surface area is 137 Å². The SMILES string of the molecule is CCC(C)CC(=O)N1CCC(c2ccc3cccnc3n2)CC1. The van der Waals surface area contributed by atoms with E-state index in [2.05, 4.69) is 31.0 Å². The molecule has 122 valence electrons. The second-order valence-electron chi connectivity index (χ2n) is 6.66. The molecule has 4 nitrogen and oxygen atoms in total. The highest BCUT2D eigenvalue weighted by Crippen LogP contribution is 2.28. The summed E-state index contributed by atoms with van der Waals surface area (Å²) in [6, 6.07) is 8.19. The zero-order chi connectivity index (χ0) is 16.2. The molecule has 1 aliphatic rings. The van der Waals surface area contributed by atoms with Crippen molar-refractivity contribution >= 4 is 16.9 Å². The minimum Gasteiger partial charge on any atom is -0.343 e. The molecule has 0 aromatic carbocycles.